The fourth-order valence-electron chi connectivity index (χ4n) is 1.37. The van der Waals surface area contributed by atoms with Gasteiger partial charge < -0.3 is 5.32 Å². The number of aryl methyl sites for hydroxylation is 2. The number of benzene rings is 1. The van der Waals surface area contributed by atoms with Crippen LogP contribution in [0.4, 0.5) is 5.69 Å². The van der Waals surface area contributed by atoms with Crippen LogP contribution < -0.4 is 5.32 Å². The molecule has 72 valence electrons. The quantitative estimate of drug-likeness (QED) is 0.741. The topological polar surface area (TPSA) is 12.0 Å². The Kier molecular flexibility index (Phi) is 4.16. The smallest absolute Gasteiger partial charge is 0.0345 e. The SMILES string of the molecule is CSCCNc1cc(C)cc(C)c1. The van der Waals surface area contributed by atoms with Crippen LogP contribution in [0.1, 0.15) is 11.1 Å². The molecule has 0 spiro atoms. The molecule has 0 radical (unpaired) electrons. The highest BCUT2D eigenvalue weighted by Gasteiger charge is 1.93. The van der Waals surface area contributed by atoms with Gasteiger partial charge in [-0.3, -0.25) is 0 Å². The number of nitrogens with one attached hydrogen (secondary N) is 1. The van der Waals surface area contributed by atoms with Crippen LogP contribution in [0.5, 0.6) is 0 Å². The zero-order chi connectivity index (χ0) is 9.68. The second-order valence-electron chi connectivity index (χ2n) is 3.30. The van der Waals surface area contributed by atoms with Gasteiger partial charge in [0.25, 0.3) is 0 Å². The molecule has 13 heavy (non-hydrogen) atoms. The molecule has 0 aliphatic carbocycles. The van der Waals surface area contributed by atoms with Gasteiger partial charge >= 0.3 is 0 Å². The summed E-state index contributed by atoms with van der Waals surface area (Å²) < 4.78 is 0. The van der Waals surface area contributed by atoms with Gasteiger partial charge in [-0.1, -0.05) is 6.07 Å². The predicted molar refractivity (Wildman–Crippen MR) is 62.8 cm³/mol. The van der Waals surface area contributed by atoms with Crippen LogP contribution >= 0.6 is 11.8 Å². The number of thioether (sulfide) groups is 1. The van der Waals surface area contributed by atoms with Crippen molar-refractivity contribution in [3.8, 4) is 0 Å². The Bertz CT molecular complexity index is 251. The van der Waals surface area contributed by atoms with Crippen molar-refractivity contribution in [3.63, 3.8) is 0 Å². The third-order valence-electron chi connectivity index (χ3n) is 1.86. The van der Waals surface area contributed by atoms with Crippen LogP contribution in [0.3, 0.4) is 0 Å². The molecular formula is C11H17NS. The summed E-state index contributed by atoms with van der Waals surface area (Å²) in [6.07, 6.45) is 2.13. The lowest BCUT2D eigenvalue weighted by Gasteiger charge is -2.07. The number of rotatable bonds is 4. The number of hydrogen-bond acceptors (Lipinski definition) is 2. The minimum absolute atomic E-state index is 1.05. The molecule has 1 nitrogen and oxygen atoms in total. The average Bonchev–Trinajstić information content (AvgIpc) is 2.03. The van der Waals surface area contributed by atoms with Crippen molar-refractivity contribution in [2.24, 2.45) is 0 Å². The maximum absolute atomic E-state index is 3.41. The summed E-state index contributed by atoms with van der Waals surface area (Å²) in [5.41, 5.74) is 3.89. The zero-order valence-electron chi connectivity index (χ0n) is 8.55. The predicted octanol–water partition coefficient (Wildman–Crippen LogP) is 3.08. The summed E-state index contributed by atoms with van der Waals surface area (Å²) in [5.74, 6) is 1.16. The van der Waals surface area contributed by atoms with Crippen LogP contribution in [0, 0.1) is 13.8 Å². The molecular weight excluding hydrogens is 178 g/mol. The maximum Gasteiger partial charge on any atom is 0.0345 e. The van der Waals surface area contributed by atoms with Gasteiger partial charge in [0.05, 0.1) is 0 Å². The maximum atomic E-state index is 3.41. The molecule has 1 rings (SSSR count). The van der Waals surface area contributed by atoms with Crippen LogP contribution in [0.25, 0.3) is 0 Å². The fraction of sp³-hybridized carbons (Fsp3) is 0.455. The molecule has 0 saturated carbocycles. The lowest BCUT2D eigenvalue weighted by Crippen LogP contribution is -2.03. The fourth-order valence-corrected chi connectivity index (χ4v) is 1.68. The molecule has 0 aromatic heterocycles. The van der Waals surface area contributed by atoms with E-state index < -0.39 is 0 Å². The van der Waals surface area contributed by atoms with E-state index in [-0.39, 0.29) is 0 Å². The van der Waals surface area contributed by atoms with Crippen LogP contribution in [-0.2, 0) is 0 Å². The first-order valence-electron chi connectivity index (χ1n) is 4.53. The van der Waals surface area contributed by atoms with E-state index in [0.29, 0.717) is 0 Å². The van der Waals surface area contributed by atoms with E-state index >= 15 is 0 Å². The normalized spacial score (nSPS) is 10.1. The van der Waals surface area contributed by atoms with Gasteiger partial charge in [-0.2, -0.15) is 11.8 Å². The zero-order valence-corrected chi connectivity index (χ0v) is 9.37. The van der Waals surface area contributed by atoms with Gasteiger partial charge in [-0.25, -0.2) is 0 Å². The Morgan fingerprint density at radius 3 is 2.31 bits per heavy atom. The summed E-state index contributed by atoms with van der Waals surface area (Å²) in [4.78, 5) is 0. The minimum Gasteiger partial charge on any atom is -0.384 e. The van der Waals surface area contributed by atoms with Gasteiger partial charge in [0.1, 0.15) is 0 Å². The Morgan fingerprint density at radius 1 is 1.15 bits per heavy atom. The lowest BCUT2D eigenvalue weighted by molar-refractivity contribution is 1.22. The molecule has 0 aliphatic heterocycles. The Hall–Kier alpha value is -0.630. The standard InChI is InChI=1S/C11H17NS/c1-9-6-10(2)8-11(7-9)12-4-5-13-3/h6-8,12H,4-5H2,1-3H3. The highest BCUT2D eigenvalue weighted by Crippen LogP contribution is 2.13. The monoisotopic (exact) mass is 195 g/mol. The van der Waals surface area contributed by atoms with Crippen molar-refractivity contribution >= 4 is 17.4 Å². The van der Waals surface area contributed by atoms with E-state index in [1.165, 1.54) is 16.8 Å². The van der Waals surface area contributed by atoms with Crippen molar-refractivity contribution in [1.82, 2.24) is 0 Å². The molecule has 1 N–H and O–H groups in total. The summed E-state index contributed by atoms with van der Waals surface area (Å²) in [7, 11) is 0. The minimum atomic E-state index is 1.05. The summed E-state index contributed by atoms with van der Waals surface area (Å²) >= 11 is 1.87. The molecule has 0 atom stereocenters. The number of hydrogen-bond donors (Lipinski definition) is 1. The third kappa shape index (κ3) is 3.73. The van der Waals surface area contributed by atoms with Gasteiger partial charge in [-0.15, -0.1) is 0 Å². The molecule has 0 unspecified atom stereocenters. The summed E-state index contributed by atoms with van der Waals surface area (Å²) in [6, 6.07) is 6.57. The van der Waals surface area contributed by atoms with E-state index in [2.05, 4.69) is 43.6 Å². The van der Waals surface area contributed by atoms with Crippen LogP contribution in [0.15, 0.2) is 18.2 Å². The first-order valence-corrected chi connectivity index (χ1v) is 5.93. The van der Waals surface area contributed by atoms with E-state index in [1.807, 2.05) is 11.8 Å². The molecule has 0 bridgehead atoms. The van der Waals surface area contributed by atoms with E-state index in [9.17, 15) is 0 Å². The van der Waals surface area contributed by atoms with Crippen molar-refractivity contribution in [3.05, 3.63) is 29.3 Å². The van der Waals surface area contributed by atoms with Crippen molar-refractivity contribution in [2.75, 3.05) is 23.9 Å². The molecule has 0 aliphatic rings. The lowest BCUT2D eigenvalue weighted by atomic mass is 10.1. The molecule has 0 saturated heterocycles. The van der Waals surface area contributed by atoms with Crippen LogP contribution in [-0.4, -0.2) is 18.6 Å². The first-order chi connectivity index (χ1) is 6.22. The summed E-state index contributed by atoms with van der Waals surface area (Å²) in [5, 5.41) is 3.41. The molecule has 1 aromatic rings. The number of anilines is 1. The molecule has 0 heterocycles. The third-order valence-corrected chi connectivity index (χ3v) is 2.47. The Balaban J connectivity index is 2.56. The van der Waals surface area contributed by atoms with Gasteiger partial charge in [0, 0.05) is 18.0 Å². The second kappa shape index (κ2) is 5.18. The highest BCUT2D eigenvalue weighted by atomic mass is 32.2. The Morgan fingerprint density at radius 2 is 1.77 bits per heavy atom. The molecule has 0 fully saturated rings. The van der Waals surface area contributed by atoms with Gasteiger partial charge in [0.2, 0.25) is 0 Å². The largest absolute Gasteiger partial charge is 0.384 e. The van der Waals surface area contributed by atoms with Crippen molar-refractivity contribution in [1.29, 1.82) is 0 Å². The van der Waals surface area contributed by atoms with E-state index in [4.69, 9.17) is 0 Å². The van der Waals surface area contributed by atoms with Crippen molar-refractivity contribution in [2.45, 2.75) is 13.8 Å². The van der Waals surface area contributed by atoms with E-state index in [0.717, 1.165) is 12.3 Å². The molecule has 1 aromatic carbocycles. The second-order valence-corrected chi connectivity index (χ2v) is 4.28. The van der Waals surface area contributed by atoms with Crippen LogP contribution in [0.2, 0.25) is 0 Å². The molecule has 2 heteroatoms. The van der Waals surface area contributed by atoms with Gasteiger partial charge in [0.15, 0.2) is 0 Å². The highest BCUT2D eigenvalue weighted by molar-refractivity contribution is 7.98. The molecule has 0 amide bonds. The first kappa shape index (κ1) is 10.5. The van der Waals surface area contributed by atoms with Crippen molar-refractivity contribution < 1.29 is 0 Å². The average molecular weight is 195 g/mol. The van der Waals surface area contributed by atoms with Gasteiger partial charge in [-0.05, 0) is 43.4 Å². The Labute approximate surface area is 84.9 Å². The summed E-state index contributed by atoms with van der Waals surface area (Å²) in [6.45, 7) is 5.31. The van der Waals surface area contributed by atoms with E-state index in [1.54, 1.807) is 0 Å².